The van der Waals surface area contributed by atoms with E-state index in [1.807, 2.05) is 24.0 Å². The molecule has 2 N–H and O–H groups in total. The van der Waals surface area contributed by atoms with Crippen LogP contribution in [0.15, 0.2) is 22.8 Å². The number of hydrogen-bond donors (Lipinski definition) is 1. The van der Waals surface area contributed by atoms with Gasteiger partial charge in [-0.3, -0.25) is 4.79 Å². The van der Waals surface area contributed by atoms with Crippen LogP contribution in [-0.4, -0.2) is 48.0 Å². The summed E-state index contributed by atoms with van der Waals surface area (Å²) < 4.78 is 0.974. The van der Waals surface area contributed by atoms with Gasteiger partial charge in [-0.25, -0.2) is 4.98 Å². The number of halogens is 1. The zero-order valence-electron chi connectivity index (χ0n) is 11.1. The Balaban J connectivity index is 1.88. The van der Waals surface area contributed by atoms with Crippen molar-refractivity contribution in [2.45, 2.75) is 19.4 Å². The SMILES string of the molecule is CC(N)CC(=O)N1CCN(c2ccc(Br)cn2)CC1. The molecule has 1 amide bonds. The zero-order valence-corrected chi connectivity index (χ0v) is 12.6. The third-order valence-corrected chi connectivity index (χ3v) is 3.63. The summed E-state index contributed by atoms with van der Waals surface area (Å²) in [5, 5.41) is 0. The van der Waals surface area contributed by atoms with Gasteiger partial charge >= 0.3 is 0 Å². The second-order valence-corrected chi connectivity index (χ2v) is 5.80. The van der Waals surface area contributed by atoms with Crippen LogP contribution in [0, 0.1) is 0 Å². The molecule has 0 aromatic carbocycles. The predicted octanol–water partition coefficient (Wildman–Crippen LogP) is 1.23. The van der Waals surface area contributed by atoms with Crippen molar-refractivity contribution in [3.8, 4) is 0 Å². The van der Waals surface area contributed by atoms with Gasteiger partial charge in [-0.2, -0.15) is 0 Å². The highest BCUT2D eigenvalue weighted by molar-refractivity contribution is 9.10. The Morgan fingerprint density at radius 3 is 2.63 bits per heavy atom. The fourth-order valence-electron chi connectivity index (χ4n) is 2.14. The number of amides is 1. The first kappa shape index (κ1) is 14.3. The van der Waals surface area contributed by atoms with E-state index in [1.54, 1.807) is 6.20 Å². The van der Waals surface area contributed by atoms with Crippen LogP contribution >= 0.6 is 15.9 Å². The quantitative estimate of drug-likeness (QED) is 0.907. The maximum atomic E-state index is 11.9. The first-order chi connectivity index (χ1) is 9.06. The molecule has 0 bridgehead atoms. The summed E-state index contributed by atoms with van der Waals surface area (Å²) >= 11 is 3.38. The van der Waals surface area contributed by atoms with Gasteiger partial charge in [0.15, 0.2) is 0 Å². The molecule has 2 heterocycles. The van der Waals surface area contributed by atoms with Crippen molar-refractivity contribution in [1.29, 1.82) is 0 Å². The molecule has 19 heavy (non-hydrogen) atoms. The Bertz CT molecular complexity index is 427. The summed E-state index contributed by atoms with van der Waals surface area (Å²) in [5.74, 6) is 1.11. The first-order valence-corrected chi connectivity index (χ1v) is 7.25. The van der Waals surface area contributed by atoms with E-state index in [9.17, 15) is 4.79 Å². The lowest BCUT2D eigenvalue weighted by Gasteiger charge is -2.35. The normalized spacial score (nSPS) is 17.4. The van der Waals surface area contributed by atoms with Crippen LogP contribution in [0.4, 0.5) is 5.82 Å². The van der Waals surface area contributed by atoms with E-state index >= 15 is 0 Å². The summed E-state index contributed by atoms with van der Waals surface area (Å²) in [7, 11) is 0. The molecule has 6 heteroatoms. The number of nitrogens with zero attached hydrogens (tertiary/aromatic N) is 3. The second kappa shape index (κ2) is 6.34. The minimum Gasteiger partial charge on any atom is -0.353 e. The van der Waals surface area contributed by atoms with Gasteiger partial charge in [0.2, 0.25) is 5.91 Å². The van der Waals surface area contributed by atoms with Crippen LogP contribution in [0.1, 0.15) is 13.3 Å². The van der Waals surface area contributed by atoms with Gasteiger partial charge in [0.05, 0.1) is 0 Å². The lowest BCUT2D eigenvalue weighted by molar-refractivity contribution is -0.131. The summed E-state index contributed by atoms with van der Waals surface area (Å²) in [4.78, 5) is 20.4. The molecule has 1 aliphatic rings. The first-order valence-electron chi connectivity index (χ1n) is 6.46. The fourth-order valence-corrected chi connectivity index (χ4v) is 2.38. The van der Waals surface area contributed by atoms with Gasteiger partial charge in [0, 0.05) is 49.3 Å². The molecule has 0 spiro atoms. The van der Waals surface area contributed by atoms with Gasteiger partial charge in [0.1, 0.15) is 5.82 Å². The number of piperazine rings is 1. The minimum absolute atomic E-state index is 0.0707. The molecule has 1 aliphatic heterocycles. The molecule has 2 rings (SSSR count). The number of nitrogens with two attached hydrogens (primary N) is 1. The zero-order chi connectivity index (χ0) is 13.8. The van der Waals surface area contributed by atoms with E-state index in [4.69, 9.17) is 5.73 Å². The maximum Gasteiger partial charge on any atom is 0.224 e. The van der Waals surface area contributed by atoms with Crippen LogP contribution in [0.3, 0.4) is 0 Å². The van der Waals surface area contributed by atoms with E-state index in [-0.39, 0.29) is 11.9 Å². The van der Waals surface area contributed by atoms with Gasteiger partial charge in [-0.05, 0) is 35.0 Å². The van der Waals surface area contributed by atoms with E-state index in [0.717, 1.165) is 36.5 Å². The molecule has 0 aliphatic carbocycles. The molecule has 0 saturated carbocycles. The van der Waals surface area contributed by atoms with E-state index in [1.165, 1.54) is 0 Å². The Labute approximate surface area is 121 Å². The second-order valence-electron chi connectivity index (χ2n) is 4.88. The Morgan fingerprint density at radius 2 is 2.11 bits per heavy atom. The number of pyridine rings is 1. The topological polar surface area (TPSA) is 62.5 Å². The van der Waals surface area contributed by atoms with Crippen LogP contribution in [0.5, 0.6) is 0 Å². The summed E-state index contributed by atoms with van der Waals surface area (Å²) in [6, 6.07) is 3.90. The Hall–Kier alpha value is -1.14. The molecule has 0 radical (unpaired) electrons. The average Bonchev–Trinajstić information content (AvgIpc) is 2.39. The molecule has 104 valence electrons. The standard InChI is InChI=1S/C13H19BrN4O/c1-10(15)8-13(19)18-6-4-17(5-7-18)12-3-2-11(14)9-16-12/h2-3,9-10H,4-8,15H2,1H3. The largest absolute Gasteiger partial charge is 0.353 e. The van der Waals surface area contributed by atoms with E-state index in [2.05, 4.69) is 25.8 Å². The van der Waals surface area contributed by atoms with Crippen molar-refractivity contribution in [3.63, 3.8) is 0 Å². The fraction of sp³-hybridized carbons (Fsp3) is 0.538. The Morgan fingerprint density at radius 1 is 1.42 bits per heavy atom. The van der Waals surface area contributed by atoms with Crippen LogP contribution in [-0.2, 0) is 4.79 Å². The van der Waals surface area contributed by atoms with Gasteiger partial charge < -0.3 is 15.5 Å². The molecule has 1 aromatic rings. The van der Waals surface area contributed by atoms with Crippen LogP contribution in [0.2, 0.25) is 0 Å². The van der Waals surface area contributed by atoms with E-state index in [0.29, 0.717) is 6.42 Å². The summed E-state index contributed by atoms with van der Waals surface area (Å²) in [6.07, 6.45) is 2.22. The molecular formula is C13H19BrN4O. The van der Waals surface area contributed by atoms with Crippen molar-refractivity contribution in [2.75, 3.05) is 31.1 Å². The van der Waals surface area contributed by atoms with Crippen molar-refractivity contribution in [1.82, 2.24) is 9.88 Å². The van der Waals surface area contributed by atoms with Crippen LogP contribution in [0.25, 0.3) is 0 Å². The van der Waals surface area contributed by atoms with Crippen molar-refractivity contribution >= 4 is 27.7 Å². The lowest BCUT2D eigenvalue weighted by atomic mass is 10.2. The van der Waals surface area contributed by atoms with Crippen molar-refractivity contribution in [3.05, 3.63) is 22.8 Å². The molecule has 5 nitrogen and oxygen atoms in total. The predicted molar refractivity (Wildman–Crippen MR) is 79.0 cm³/mol. The summed E-state index contributed by atoms with van der Waals surface area (Å²) in [5.41, 5.74) is 5.66. The maximum absolute atomic E-state index is 11.9. The lowest BCUT2D eigenvalue weighted by Crippen LogP contribution is -2.49. The molecule has 1 fully saturated rings. The molecule has 1 unspecified atom stereocenters. The van der Waals surface area contributed by atoms with Gasteiger partial charge in [0.25, 0.3) is 0 Å². The van der Waals surface area contributed by atoms with Gasteiger partial charge in [-0.15, -0.1) is 0 Å². The number of anilines is 1. The Kier molecular flexibility index (Phi) is 4.76. The highest BCUT2D eigenvalue weighted by atomic mass is 79.9. The monoisotopic (exact) mass is 326 g/mol. The smallest absolute Gasteiger partial charge is 0.224 e. The highest BCUT2D eigenvalue weighted by Crippen LogP contribution is 2.16. The number of carbonyl (C=O) groups is 1. The molecule has 1 saturated heterocycles. The third kappa shape index (κ3) is 3.91. The molecular weight excluding hydrogens is 308 g/mol. The van der Waals surface area contributed by atoms with Crippen LogP contribution < -0.4 is 10.6 Å². The third-order valence-electron chi connectivity index (χ3n) is 3.16. The number of rotatable bonds is 3. The molecule has 1 atom stereocenters. The van der Waals surface area contributed by atoms with E-state index < -0.39 is 0 Å². The summed E-state index contributed by atoms with van der Waals surface area (Å²) in [6.45, 7) is 4.98. The number of aromatic nitrogens is 1. The number of carbonyl (C=O) groups excluding carboxylic acids is 1. The van der Waals surface area contributed by atoms with Gasteiger partial charge in [-0.1, -0.05) is 0 Å². The minimum atomic E-state index is -0.0707. The number of hydrogen-bond acceptors (Lipinski definition) is 4. The van der Waals surface area contributed by atoms with Crippen molar-refractivity contribution < 1.29 is 4.79 Å². The highest BCUT2D eigenvalue weighted by Gasteiger charge is 2.22. The average molecular weight is 327 g/mol. The van der Waals surface area contributed by atoms with Crippen molar-refractivity contribution in [2.24, 2.45) is 5.73 Å². The molecule has 1 aromatic heterocycles.